The van der Waals surface area contributed by atoms with Gasteiger partial charge in [0.2, 0.25) is 0 Å². The third-order valence-corrected chi connectivity index (χ3v) is 6.93. The largest absolute Gasteiger partial charge is 0.477 e. The van der Waals surface area contributed by atoms with E-state index in [1.807, 2.05) is 27.7 Å². The summed E-state index contributed by atoms with van der Waals surface area (Å²) in [6, 6.07) is 3.11. The Morgan fingerprint density at radius 3 is 2.37 bits per heavy atom. The summed E-state index contributed by atoms with van der Waals surface area (Å²) in [5.74, 6) is -1.31. The van der Waals surface area contributed by atoms with E-state index in [9.17, 15) is 14.5 Å². The molecule has 0 unspecified atom stereocenters. The quantitative estimate of drug-likeness (QED) is 0.277. The van der Waals surface area contributed by atoms with Gasteiger partial charge in [0.1, 0.15) is 5.56 Å². The van der Waals surface area contributed by atoms with Crippen LogP contribution in [0.4, 0.5) is 0 Å². The Morgan fingerprint density at radius 2 is 1.87 bits per heavy atom. The summed E-state index contributed by atoms with van der Waals surface area (Å²) in [6.45, 7) is 15.5. The Balaban J connectivity index is 2.23. The zero-order chi connectivity index (χ0) is 22.5. The van der Waals surface area contributed by atoms with Crippen LogP contribution in [0.15, 0.2) is 49.8 Å². The molecule has 8 nitrogen and oxygen atoms in total. The molecule has 0 saturated carbocycles. The smallest absolute Gasteiger partial charge is 0.341 e. The van der Waals surface area contributed by atoms with E-state index in [2.05, 4.69) is 23.3 Å². The van der Waals surface area contributed by atoms with Crippen molar-refractivity contribution < 1.29 is 28.3 Å². The second-order valence-corrected chi connectivity index (χ2v) is 9.83. The highest BCUT2D eigenvalue weighted by Gasteiger charge is 2.47. The van der Waals surface area contributed by atoms with Crippen LogP contribution in [0.3, 0.4) is 0 Å². The van der Waals surface area contributed by atoms with E-state index in [4.69, 9.17) is 9.26 Å². The van der Waals surface area contributed by atoms with Crippen LogP contribution >= 0.6 is 7.67 Å². The highest BCUT2D eigenvalue weighted by molar-refractivity contribution is 7.54. The van der Waals surface area contributed by atoms with E-state index >= 15 is 0 Å². The molecular formula is C21H33N3O5P+. The van der Waals surface area contributed by atoms with E-state index in [1.54, 1.807) is 29.0 Å². The van der Waals surface area contributed by atoms with Gasteiger partial charge in [-0.05, 0) is 33.8 Å². The molecule has 9 heteroatoms. The second-order valence-electron chi connectivity index (χ2n) is 7.95. The molecule has 30 heavy (non-hydrogen) atoms. The summed E-state index contributed by atoms with van der Waals surface area (Å²) in [5.41, 5.74) is 0.158. The molecule has 0 radical (unpaired) electrons. The number of hydrogen-bond acceptors (Lipinski definition) is 4. The maximum absolute atomic E-state index is 13.2. The Labute approximate surface area is 178 Å². The number of aromatic nitrogens is 1. The first-order valence-corrected chi connectivity index (χ1v) is 11.7. The number of ether oxygens (including phenoxy) is 1. The van der Waals surface area contributed by atoms with Gasteiger partial charge in [-0.2, -0.15) is 4.57 Å². The first-order valence-electron chi connectivity index (χ1n) is 10.0. The van der Waals surface area contributed by atoms with Crippen LogP contribution in [-0.4, -0.2) is 35.9 Å². The van der Waals surface area contributed by atoms with Crippen LogP contribution in [0.5, 0.6) is 0 Å². The van der Waals surface area contributed by atoms with Gasteiger partial charge in [-0.3, -0.25) is 4.57 Å². The SMILES string of the molecule is C=C[C@@H]1[C@H](C=C)[C@@H](COP(=O)(NC(C)C)NC(C)C)O[C@H]1[n+]1cccc(C(=O)O)c1. The lowest BCUT2D eigenvalue weighted by Gasteiger charge is -2.26. The van der Waals surface area contributed by atoms with Crippen molar-refractivity contribution in [3.63, 3.8) is 0 Å². The molecule has 0 spiro atoms. The highest BCUT2D eigenvalue weighted by atomic mass is 31.2. The minimum Gasteiger partial charge on any atom is -0.477 e. The predicted molar refractivity (Wildman–Crippen MR) is 115 cm³/mol. The fourth-order valence-electron chi connectivity index (χ4n) is 3.55. The highest BCUT2D eigenvalue weighted by Crippen LogP contribution is 2.43. The Bertz CT molecular complexity index is 800. The van der Waals surface area contributed by atoms with Gasteiger partial charge < -0.3 is 14.4 Å². The molecule has 0 amide bonds. The molecule has 2 heterocycles. The zero-order valence-corrected chi connectivity index (χ0v) is 18.9. The Kier molecular flexibility index (Phi) is 8.52. The molecule has 1 saturated heterocycles. The van der Waals surface area contributed by atoms with Gasteiger partial charge >= 0.3 is 13.6 Å². The number of carbonyl (C=O) groups is 1. The third kappa shape index (κ3) is 6.09. The van der Waals surface area contributed by atoms with Crippen molar-refractivity contribution in [2.24, 2.45) is 11.8 Å². The molecule has 2 rings (SSSR count). The normalized spacial score (nSPS) is 24.3. The number of aromatic carboxylic acids is 1. The van der Waals surface area contributed by atoms with Crippen molar-refractivity contribution >= 4 is 13.6 Å². The van der Waals surface area contributed by atoms with Crippen LogP contribution in [0.25, 0.3) is 0 Å². The molecule has 1 aromatic rings. The van der Waals surface area contributed by atoms with E-state index in [0.29, 0.717) is 0 Å². The van der Waals surface area contributed by atoms with Gasteiger partial charge in [0.25, 0.3) is 6.23 Å². The average molecular weight is 438 g/mol. The number of hydrogen-bond donors (Lipinski definition) is 3. The lowest BCUT2D eigenvalue weighted by atomic mass is 9.89. The van der Waals surface area contributed by atoms with Gasteiger partial charge in [0, 0.05) is 24.1 Å². The number of nitrogens with one attached hydrogen (secondary N) is 2. The van der Waals surface area contributed by atoms with Gasteiger partial charge in [-0.1, -0.05) is 12.2 Å². The first kappa shape index (κ1) is 24.4. The summed E-state index contributed by atoms with van der Waals surface area (Å²) in [4.78, 5) is 11.3. The predicted octanol–water partition coefficient (Wildman–Crippen LogP) is 3.29. The number of carboxylic acids is 1. The fourth-order valence-corrected chi connectivity index (χ4v) is 5.49. The minimum atomic E-state index is -3.29. The molecule has 166 valence electrons. The zero-order valence-electron chi connectivity index (χ0n) is 18.0. The topological polar surface area (TPSA) is 101 Å². The van der Waals surface area contributed by atoms with E-state index in [1.165, 1.54) is 12.3 Å². The summed E-state index contributed by atoms with van der Waals surface area (Å²) < 4.78 is 27.0. The lowest BCUT2D eigenvalue weighted by Crippen LogP contribution is -2.42. The standard InChI is InChI=1S/C21H32N3O5P/c1-7-17-18(8-2)20(24-11-9-10-16(12-24)21(25)26)29-19(17)13-28-30(27,22-14(3)4)23-15(5)6/h7-12,14-15,17-20H,1-2,13H2,3-6H3,(H2-,22,23,25,26,27)/p+1/t17-,18+,19+,20+/m0/s1. The molecule has 4 atom stereocenters. The van der Waals surface area contributed by atoms with E-state index in [0.717, 1.165) is 0 Å². The lowest BCUT2D eigenvalue weighted by molar-refractivity contribution is -0.764. The van der Waals surface area contributed by atoms with Crippen LogP contribution in [0.2, 0.25) is 0 Å². The number of carboxylic acid groups (broad SMARTS) is 1. The Hall–Kier alpha value is -1.83. The molecule has 1 fully saturated rings. The van der Waals surface area contributed by atoms with Gasteiger partial charge in [0.15, 0.2) is 12.4 Å². The van der Waals surface area contributed by atoms with E-state index in [-0.39, 0.29) is 36.1 Å². The fraction of sp³-hybridized carbons (Fsp3) is 0.524. The molecule has 0 aliphatic carbocycles. The number of rotatable bonds is 11. The summed E-state index contributed by atoms with van der Waals surface area (Å²) in [7, 11) is -3.29. The average Bonchev–Trinajstić information content (AvgIpc) is 3.02. The van der Waals surface area contributed by atoms with Crippen molar-refractivity contribution in [1.29, 1.82) is 0 Å². The van der Waals surface area contributed by atoms with Crippen molar-refractivity contribution in [1.82, 2.24) is 10.2 Å². The number of nitrogens with zero attached hydrogens (tertiary/aromatic N) is 1. The minimum absolute atomic E-state index is 0.0373. The van der Waals surface area contributed by atoms with Crippen LogP contribution < -0.4 is 14.7 Å². The summed E-state index contributed by atoms with van der Waals surface area (Å²) in [5, 5.41) is 15.3. The van der Waals surface area contributed by atoms with E-state index < -0.39 is 26.0 Å². The Morgan fingerprint density at radius 1 is 1.27 bits per heavy atom. The molecule has 1 aliphatic heterocycles. The maximum atomic E-state index is 13.2. The van der Waals surface area contributed by atoms with Crippen LogP contribution in [0.1, 0.15) is 44.3 Å². The van der Waals surface area contributed by atoms with Gasteiger partial charge in [-0.15, -0.1) is 13.2 Å². The van der Waals surface area contributed by atoms with Crippen molar-refractivity contribution in [3.05, 3.63) is 55.4 Å². The summed E-state index contributed by atoms with van der Waals surface area (Å²) >= 11 is 0. The molecule has 1 aliphatic rings. The molecule has 0 aromatic carbocycles. The monoisotopic (exact) mass is 438 g/mol. The third-order valence-electron chi connectivity index (χ3n) is 4.70. The van der Waals surface area contributed by atoms with Crippen molar-refractivity contribution in [2.75, 3.05) is 6.61 Å². The van der Waals surface area contributed by atoms with Crippen molar-refractivity contribution in [3.8, 4) is 0 Å². The number of pyridine rings is 1. The second kappa shape index (κ2) is 10.5. The first-order chi connectivity index (χ1) is 14.1. The van der Waals surface area contributed by atoms with Crippen LogP contribution in [0, 0.1) is 11.8 Å². The van der Waals surface area contributed by atoms with Crippen LogP contribution in [-0.2, 0) is 13.8 Å². The molecule has 1 aromatic heterocycles. The molecular weight excluding hydrogens is 405 g/mol. The van der Waals surface area contributed by atoms with Gasteiger partial charge in [0.05, 0.1) is 18.6 Å². The molecule has 0 bridgehead atoms. The van der Waals surface area contributed by atoms with Crippen molar-refractivity contribution in [2.45, 2.75) is 52.1 Å². The maximum Gasteiger partial charge on any atom is 0.341 e. The summed E-state index contributed by atoms with van der Waals surface area (Å²) in [6.07, 6.45) is 5.93. The van der Waals surface area contributed by atoms with Gasteiger partial charge in [-0.25, -0.2) is 15.0 Å². The molecule has 3 N–H and O–H groups in total.